The average Bonchev–Trinajstić information content (AvgIpc) is 0.731. The molecular formula is C120H132N8O8. The molecule has 700 valence electrons. The number of para-hydroxylation sites is 4. The van der Waals surface area contributed by atoms with Crippen LogP contribution in [0, 0.1) is 79.1 Å². The lowest BCUT2D eigenvalue weighted by Crippen LogP contribution is -2.36. The second-order valence-corrected chi connectivity index (χ2v) is 36.5. The van der Waals surface area contributed by atoms with Gasteiger partial charge in [-0.25, -0.2) is 0 Å². The Morgan fingerprint density at radius 3 is 0.963 bits per heavy atom. The number of hydrogen-bond acceptors (Lipinski definition) is 10. The van der Waals surface area contributed by atoms with Crippen LogP contribution in [0.15, 0.2) is 312 Å². The van der Waals surface area contributed by atoms with E-state index in [4.69, 9.17) is 0 Å². The van der Waals surface area contributed by atoms with Crippen molar-refractivity contribution in [2.24, 2.45) is 23.7 Å². The van der Waals surface area contributed by atoms with Gasteiger partial charge in [0.05, 0.1) is 22.8 Å². The Morgan fingerprint density at radius 2 is 0.640 bits per heavy atom. The van der Waals surface area contributed by atoms with Gasteiger partial charge in [-0.2, -0.15) is 9.15 Å². The quantitative estimate of drug-likeness (QED) is 0.0216. The normalized spacial score (nSPS) is 15.4. The molecule has 10 aromatic rings. The van der Waals surface area contributed by atoms with Crippen molar-refractivity contribution < 1.29 is 39.0 Å². The van der Waals surface area contributed by atoms with Crippen molar-refractivity contribution in [3.8, 4) is 0 Å². The highest BCUT2D eigenvalue weighted by Gasteiger charge is 2.40. The number of carbonyl (C=O) groups excluding carboxylic acids is 6. The minimum atomic E-state index is -0.446. The first-order valence-electron chi connectivity index (χ1n) is 48.9. The van der Waals surface area contributed by atoms with Crippen LogP contribution < -0.4 is 50.4 Å². The van der Waals surface area contributed by atoms with Gasteiger partial charge in [-0.15, -0.1) is 0 Å². The Bertz CT molecular complexity index is 6290. The predicted molar refractivity (Wildman–Crippen MR) is 558 cm³/mol. The predicted octanol–water partition coefficient (Wildman–Crippen LogP) is 26.5. The molecule has 4 unspecified atom stereocenters. The first-order chi connectivity index (χ1) is 65.8. The first kappa shape index (κ1) is 99.4. The fourth-order valence-electron chi connectivity index (χ4n) is 18.8. The summed E-state index contributed by atoms with van der Waals surface area (Å²) in [4.78, 5) is 90.6. The lowest BCUT2D eigenvalue weighted by atomic mass is 9.78. The third-order valence-electron chi connectivity index (χ3n) is 26.5. The molecule has 4 N–H and O–H groups in total. The lowest BCUT2D eigenvalue weighted by molar-refractivity contribution is -0.298. The maximum atomic E-state index is 15.0. The molecule has 0 fully saturated rings. The van der Waals surface area contributed by atoms with Gasteiger partial charge in [0.2, 0.25) is 57.8 Å². The number of anilines is 8. The fourth-order valence-corrected chi connectivity index (χ4v) is 18.8. The summed E-state index contributed by atoms with van der Waals surface area (Å²) in [5.74, 6) is -3.36. The average molecular weight is 1810 g/mol. The maximum absolute atomic E-state index is 15.0. The minimum absolute atomic E-state index is 0.000889. The second-order valence-electron chi connectivity index (χ2n) is 36.5. The van der Waals surface area contributed by atoms with Crippen molar-refractivity contribution in [3.63, 3.8) is 0 Å². The summed E-state index contributed by atoms with van der Waals surface area (Å²) < 4.78 is 4.26. The van der Waals surface area contributed by atoms with Gasteiger partial charge in [-0.3, -0.25) is 28.8 Å². The van der Waals surface area contributed by atoms with Crippen molar-refractivity contribution in [3.05, 3.63) is 368 Å². The Kier molecular flexibility index (Phi) is 33.8. The third-order valence-corrected chi connectivity index (χ3v) is 26.5. The van der Waals surface area contributed by atoms with Gasteiger partial charge in [0.15, 0.2) is 11.6 Å². The maximum Gasteiger partial charge on any atom is 0.227 e. The van der Waals surface area contributed by atoms with Crippen LogP contribution in [0.2, 0.25) is 0 Å². The van der Waals surface area contributed by atoms with E-state index in [2.05, 4.69) is 196 Å². The number of allylic oxidation sites excluding steroid dienone is 10. The summed E-state index contributed by atoms with van der Waals surface area (Å²) >= 11 is 0. The zero-order valence-corrected chi connectivity index (χ0v) is 82.1. The number of unbranched alkanes of at least 4 members (excludes halogenated alkanes) is 4. The number of aryl methyl sites for hydroxylation is 8. The largest absolute Gasteiger partial charge is 0.871 e. The van der Waals surface area contributed by atoms with Gasteiger partial charge in [0.25, 0.3) is 0 Å². The molecule has 4 amide bonds. The highest BCUT2D eigenvalue weighted by Crippen LogP contribution is 2.49. The molecule has 0 radical (unpaired) electrons. The lowest BCUT2D eigenvalue weighted by Gasteiger charge is -2.35. The molecule has 136 heavy (non-hydrogen) atoms. The summed E-state index contributed by atoms with van der Waals surface area (Å²) in [5, 5.41) is 42.5. The number of carbonyl (C=O) groups is 6. The second kappa shape index (κ2) is 46.2. The van der Waals surface area contributed by atoms with Crippen molar-refractivity contribution in [1.82, 2.24) is 19.8 Å². The van der Waals surface area contributed by atoms with Crippen LogP contribution in [-0.4, -0.2) is 46.6 Å². The van der Waals surface area contributed by atoms with E-state index in [1.807, 2.05) is 198 Å². The Balaban J connectivity index is 0.000000232. The molecule has 16 heteroatoms. The van der Waals surface area contributed by atoms with Crippen molar-refractivity contribution in [2.45, 2.75) is 214 Å². The van der Waals surface area contributed by atoms with E-state index in [1.54, 1.807) is 24.3 Å². The molecule has 4 aliphatic rings. The van der Waals surface area contributed by atoms with E-state index in [1.165, 1.54) is 0 Å². The molecule has 4 atom stereocenters. The van der Waals surface area contributed by atoms with Crippen molar-refractivity contribution in [1.29, 1.82) is 0 Å². The molecule has 0 aromatic heterocycles. The van der Waals surface area contributed by atoms with Crippen LogP contribution in [0.4, 0.5) is 68.2 Å². The topological polar surface area (TPSA) is 209 Å². The summed E-state index contributed by atoms with van der Waals surface area (Å²) in [5.41, 5.74) is 22.4. The number of nitrogens with zero attached hydrogens (tertiary/aromatic N) is 4. The molecule has 10 aromatic carbocycles. The van der Waals surface area contributed by atoms with E-state index >= 15 is 9.90 Å². The van der Waals surface area contributed by atoms with Gasteiger partial charge in [0, 0.05) is 174 Å². The van der Waals surface area contributed by atoms with Gasteiger partial charge < -0.3 is 41.3 Å². The molecule has 0 saturated carbocycles. The van der Waals surface area contributed by atoms with Gasteiger partial charge in [0.1, 0.15) is 0 Å². The first-order valence-corrected chi connectivity index (χ1v) is 48.9. The highest BCUT2D eigenvalue weighted by molar-refractivity contribution is 6.41. The highest BCUT2D eigenvalue weighted by atomic mass is 16.3. The van der Waals surface area contributed by atoms with Crippen molar-refractivity contribution >= 4 is 126 Å². The van der Waals surface area contributed by atoms with E-state index in [-0.39, 0.29) is 69.6 Å². The zero-order valence-electron chi connectivity index (χ0n) is 82.1. The monoisotopic (exact) mass is 1810 g/mol. The summed E-state index contributed by atoms with van der Waals surface area (Å²) in [6.45, 7) is 33.2. The molecule has 0 aliphatic heterocycles. The molecule has 4 aliphatic carbocycles. The molecule has 0 bridgehead atoms. The van der Waals surface area contributed by atoms with E-state index in [0.717, 1.165) is 190 Å². The third kappa shape index (κ3) is 22.6. The SMILES string of the molecule is CCCCC(CC)C(=O)NC1=CC(=[N+](c2ccc(C)cc2C)c2ccc(C)cc2C)C=CC1=C1C(=O)C(c2ccc(N(c3ccc(C)cc3C)c3ccc(C)cc3C)cc2NC(=O)C(CC)CCCC)=C1[O-].CCCCC(CC)C(=O)NC1=CC(=[N+](c2ccccc2)c2ccccc2)C=CC1=C1C(=O)C(c2ccc(N(c3ccccc3)c3ccccc3)cc2NC(=O)C(CC)CCCC)=C1[O-]. The van der Waals surface area contributed by atoms with E-state index in [9.17, 15) is 29.1 Å². The molecule has 0 saturated heterocycles. The van der Waals surface area contributed by atoms with Gasteiger partial charge in [-0.1, -0.05) is 262 Å². The summed E-state index contributed by atoms with van der Waals surface area (Å²) in [7, 11) is 0. The molecule has 0 heterocycles. The molecular weight excluding hydrogens is 1680 g/mol. The molecule has 14 rings (SSSR count). The number of ketones is 2. The van der Waals surface area contributed by atoms with Crippen LogP contribution in [-0.2, 0) is 28.8 Å². The smallest absolute Gasteiger partial charge is 0.227 e. The number of amides is 4. The Labute approximate surface area is 805 Å². The Hall–Kier alpha value is -14.1. The van der Waals surface area contributed by atoms with Gasteiger partial charge >= 0.3 is 0 Å². The number of Topliss-reactive ketones (excluding diaryl/α,β-unsaturated/α-hetero) is 2. The van der Waals surface area contributed by atoms with Crippen LogP contribution in [0.1, 0.15) is 214 Å². The number of rotatable bonds is 36. The molecule has 16 nitrogen and oxygen atoms in total. The van der Waals surface area contributed by atoms with Gasteiger partial charge in [-0.05, 0) is 203 Å². The van der Waals surface area contributed by atoms with Crippen LogP contribution in [0.25, 0.3) is 11.1 Å². The Morgan fingerprint density at radius 1 is 0.324 bits per heavy atom. The number of benzene rings is 10. The number of nitrogens with one attached hydrogen (secondary N) is 4. The number of hydrogen-bond donors (Lipinski definition) is 4. The van der Waals surface area contributed by atoms with Crippen LogP contribution in [0.5, 0.6) is 0 Å². The fraction of sp³-hybridized carbons (Fsp3) is 0.300. The van der Waals surface area contributed by atoms with Crippen molar-refractivity contribution in [2.75, 3.05) is 20.4 Å². The zero-order chi connectivity index (χ0) is 97.0. The summed E-state index contributed by atoms with van der Waals surface area (Å²) in [6.07, 6.45) is 24.1. The standard InChI is InChI=1S/C64H74N4O4.C56H58N4O4/c1-13-17-19-47(15-3)63(71)65-53-37-49(67(55-29-21-39(5)33-43(55)9)56-30-22-40(6)34-44(56)10)25-27-51(53)59-61(69)60(62(59)70)52-28-26-50(38-54(52)66-64(72)48(16-4)20-18-14-2)68(57-31-23-41(7)35-45(57)11)58-32-24-42(8)36-46(58)12;1-5-9-23-39(7-3)55(63)57-49-37-45(59(41-25-15-11-16-26-41)42-27-17-12-18-28-42)33-35-47(49)51-53(61)52(54(51)62)48-36-34-46(38-50(48)58-56(64)40(8-4)24-10-6-2)60(43-29-19-13-20-30-43)44-31-21-14-22-32-44/h21-38,47-48H,13-20H2,1-12H3,(H2,65,66,69,70,71,72);11-22,25-40H,5-10,23-24H2,1-4H3,(H2,57,58,61,62,63,64). The minimum Gasteiger partial charge on any atom is -0.871 e. The van der Waals surface area contributed by atoms with E-state index < -0.39 is 23.1 Å². The summed E-state index contributed by atoms with van der Waals surface area (Å²) in [6, 6.07) is 76.3. The molecule has 0 spiro atoms. The van der Waals surface area contributed by atoms with E-state index in [0.29, 0.717) is 70.7 Å². The van der Waals surface area contributed by atoms with Crippen LogP contribution in [0.3, 0.4) is 0 Å². The van der Waals surface area contributed by atoms with Crippen LogP contribution >= 0.6 is 0 Å².